The minimum absolute atomic E-state index is 0.578. The second-order valence-electron chi connectivity index (χ2n) is 6.47. The third-order valence-corrected chi connectivity index (χ3v) is 4.68. The summed E-state index contributed by atoms with van der Waals surface area (Å²) in [6.45, 7) is 11.2. The first-order valence-corrected chi connectivity index (χ1v) is 9.04. The molecule has 0 aromatic heterocycles. The van der Waals surface area contributed by atoms with Gasteiger partial charge in [0.25, 0.3) is 0 Å². The Morgan fingerprint density at radius 1 is 0.579 bits per heavy atom. The van der Waals surface area contributed by atoms with Crippen LogP contribution in [0.5, 0.6) is 0 Å². The predicted octanol–water partition coefficient (Wildman–Crippen LogP) is 7.33. The lowest BCUT2D eigenvalue weighted by atomic mass is 9.72. The third-order valence-electron chi connectivity index (χ3n) is 4.68. The van der Waals surface area contributed by atoms with Crippen molar-refractivity contribution in [2.24, 2.45) is 5.41 Å². The highest BCUT2D eigenvalue weighted by atomic mass is 14.3. The molecule has 0 amide bonds. The van der Waals surface area contributed by atoms with E-state index in [1.54, 1.807) is 0 Å². The summed E-state index contributed by atoms with van der Waals surface area (Å²) in [5.74, 6) is 0. The first-order chi connectivity index (χ1) is 9.24. The Balaban J connectivity index is 4.01. The van der Waals surface area contributed by atoms with Crippen LogP contribution in [0.25, 0.3) is 0 Å². The Labute approximate surface area is 123 Å². The molecular weight excluding hydrogens is 228 g/mol. The summed E-state index contributed by atoms with van der Waals surface area (Å²) < 4.78 is 0. The van der Waals surface area contributed by atoms with Gasteiger partial charge in [0, 0.05) is 0 Å². The molecule has 0 aliphatic heterocycles. The average Bonchev–Trinajstić information content (AvgIpc) is 2.43. The molecule has 0 saturated carbocycles. The van der Waals surface area contributed by atoms with Crippen LogP contribution < -0.4 is 0 Å². The molecular formula is C19H39. The standard InChI is InChI=1S/C19H39/c1-5-9-11-13-15-18-19(8-4,16-7-3)17-14-12-10-6-2/h4-18H2,1-3H3. The maximum absolute atomic E-state index is 4.29. The number of unbranched alkanes of at least 4 members (excludes halogenated alkanes) is 7. The fourth-order valence-electron chi connectivity index (χ4n) is 3.31. The summed E-state index contributed by atoms with van der Waals surface area (Å²) in [5.41, 5.74) is 0.578. The van der Waals surface area contributed by atoms with Crippen LogP contribution in [0.3, 0.4) is 0 Å². The molecule has 0 aliphatic rings. The van der Waals surface area contributed by atoms with Gasteiger partial charge in [0.2, 0.25) is 0 Å². The quantitative estimate of drug-likeness (QED) is 0.289. The molecule has 1 unspecified atom stereocenters. The van der Waals surface area contributed by atoms with Crippen molar-refractivity contribution in [3.8, 4) is 0 Å². The van der Waals surface area contributed by atoms with Crippen molar-refractivity contribution in [1.29, 1.82) is 0 Å². The lowest BCUT2D eigenvalue weighted by Gasteiger charge is -2.33. The summed E-state index contributed by atoms with van der Waals surface area (Å²) in [6.07, 6.45) is 19.4. The van der Waals surface area contributed by atoms with Crippen LogP contribution in [0.4, 0.5) is 0 Å². The lowest BCUT2D eigenvalue weighted by Crippen LogP contribution is -2.20. The van der Waals surface area contributed by atoms with Gasteiger partial charge in [-0.15, -0.1) is 0 Å². The normalized spacial score (nSPS) is 14.5. The van der Waals surface area contributed by atoms with E-state index in [-0.39, 0.29) is 0 Å². The van der Waals surface area contributed by atoms with E-state index in [0.717, 1.165) is 6.42 Å². The Bertz CT molecular complexity index is 173. The van der Waals surface area contributed by atoms with E-state index in [1.165, 1.54) is 83.5 Å². The number of hydrogen-bond donors (Lipinski definition) is 0. The van der Waals surface area contributed by atoms with Gasteiger partial charge < -0.3 is 0 Å². The van der Waals surface area contributed by atoms with Gasteiger partial charge in [0.15, 0.2) is 0 Å². The van der Waals surface area contributed by atoms with Crippen LogP contribution in [0.15, 0.2) is 0 Å². The summed E-state index contributed by atoms with van der Waals surface area (Å²) in [5, 5.41) is 0. The monoisotopic (exact) mass is 267 g/mol. The molecule has 1 atom stereocenters. The molecule has 0 N–H and O–H groups in total. The molecule has 0 aliphatic carbocycles. The van der Waals surface area contributed by atoms with Gasteiger partial charge >= 0.3 is 0 Å². The van der Waals surface area contributed by atoms with Gasteiger partial charge in [-0.2, -0.15) is 0 Å². The molecule has 115 valence electrons. The molecule has 0 heteroatoms. The van der Waals surface area contributed by atoms with E-state index in [2.05, 4.69) is 27.7 Å². The minimum atomic E-state index is 0.578. The van der Waals surface area contributed by atoms with Crippen molar-refractivity contribution in [1.82, 2.24) is 0 Å². The van der Waals surface area contributed by atoms with E-state index in [0.29, 0.717) is 5.41 Å². The smallest absolute Gasteiger partial charge is 0.0298 e. The topological polar surface area (TPSA) is 0 Å². The molecule has 0 saturated heterocycles. The van der Waals surface area contributed by atoms with Gasteiger partial charge in [-0.1, -0.05) is 91.9 Å². The fraction of sp³-hybridized carbons (Fsp3) is 0.947. The molecule has 0 spiro atoms. The van der Waals surface area contributed by atoms with Crippen LogP contribution in [-0.4, -0.2) is 0 Å². The molecule has 0 aromatic rings. The highest BCUT2D eigenvalue weighted by Gasteiger charge is 2.25. The third kappa shape index (κ3) is 9.52. The maximum atomic E-state index is 4.29. The summed E-state index contributed by atoms with van der Waals surface area (Å²) in [6, 6.07) is 0. The zero-order valence-electron chi connectivity index (χ0n) is 14.1. The Kier molecular flexibility index (Phi) is 13.0. The van der Waals surface area contributed by atoms with Gasteiger partial charge in [0.05, 0.1) is 0 Å². The highest BCUT2D eigenvalue weighted by molar-refractivity contribution is 4.80. The molecule has 0 heterocycles. The predicted molar refractivity (Wildman–Crippen MR) is 89.5 cm³/mol. The first-order valence-electron chi connectivity index (χ1n) is 9.04. The van der Waals surface area contributed by atoms with E-state index >= 15 is 0 Å². The minimum Gasteiger partial charge on any atom is -0.0654 e. The highest BCUT2D eigenvalue weighted by Crippen LogP contribution is 2.39. The molecule has 1 radical (unpaired) electrons. The molecule has 19 heavy (non-hydrogen) atoms. The van der Waals surface area contributed by atoms with Crippen molar-refractivity contribution in [2.45, 2.75) is 111 Å². The molecule has 0 bridgehead atoms. The van der Waals surface area contributed by atoms with E-state index < -0.39 is 0 Å². The van der Waals surface area contributed by atoms with Crippen LogP contribution in [0.1, 0.15) is 111 Å². The Morgan fingerprint density at radius 3 is 1.47 bits per heavy atom. The van der Waals surface area contributed by atoms with E-state index in [4.69, 9.17) is 0 Å². The van der Waals surface area contributed by atoms with Crippen LogP contribution in [0.2, 0.25) is 0 Å². The largest absolute Gasteiger partial charge is 0.0654 e. The van der Waals surface area contributed by atoms with Gasteiger partial charge in [-0.3, -0.25) is 0 Å². The van der Waals surface area contributed by atoms with Crippen LogP contribution in [0, 0.1) is 12.3 Å². The van der Waals surface area contributed by atoms with Crippen molar-refractivity contribution < 1.29 is 0 Å². The van der Waals surface area contributed by atoms with Gasteiger partial charge in [0.1, 0.15) is 0 Å². The number of hydrogen-bond acceptors (Lipinski definition) is 0. The van der Waals surface area contributed by atoms with E-state index in [1.807, 2.05) is 0 Å². The maximum Gasteiger partial charge on any atom is -0.0298 e. The molecule has 0 aromatic carbocycles. The average molecular weight is 268 g/mol. The summed E-state index contributed by atoms with van der Waals surface area (Å²) in [4.78, 5) is 0. The fourth-order valence-corrected chi connectivity index (χ4v) is 3.31. The van der Waals surface area contributed by atoms with Gasteiger partial charge in [-0.05, 0) is 31.1 Å². The number of rotatable bonds is 14. The second kappa shape index (κ2) is 13.0. The van der Waals surface area contributed by atoms with Crippen LogP contribution in [-0.2, 0) is 0 Å². The van der Waals surface area contributed by atoms with Gasteiger partial charge in [-0.25, -0.2) is 0 Å². The van der Waals surface area contributed by atoms with Crippen molar-refractivity contribution >= 4 is 0 Å². The lowest BCUT2D eigenvalue weighted by molar-refractivity contribution is 0.202. The zero-order valence-corrected chi connectivity index (χ0v) is 14.1. The molecule has 0 fully saturated rings. The van der Waals surface area contributed by atoms with Crippen molar-refractivity contribution in [3.05, 3.63) is 6.92 Å². The summed E-state index contributed by atoms with van der Waals surface area (Å²) in [7, 11) is 0. The summed E-state index contributed by atoms with van der Waals surface area (Å²) >= 11 is 0. The van der Waals surface area contributed by atoms with E-state index in [9.17, 15) is 0 Å². The second-order valence-corrected chi connectivity index (χ2v) is 6.47. The Hall–Kier alpha value is 0. The van der Waals surface area contributed by atoms with Crippen molar-refractivity contribution in [3.63, 3.8) is 0 Å². The van der Waals surface area contributed by atoms with Crippen molar-refractivity contribution in [2.75, 3.05) is 0 Å². The first kappa shape index (κ1) is 19.0. The van der Waals surface area contributed by atoms with Crippen LogP contribution >= 0.6 is 0 Å². The Morgan fingerprint density at radius 2 is 1.05 bits per heavy atom. The molecule has 0 nitrogen and oxygen atoms in total. The zero-order chi connectivity index (χ0) is 14.4. The SMILES string of the molecule is [CH2]CC(CCC)(CCCCCC)CCCCCCC. The molecule has 0 rings (SSSR count).